The highest BCUT2D eigenvalue weighted by molar-refractivity contribution is 7.47. The molecule has 0 bridgehead atoms. The lowest BCUT2D eigenvalue weighted by molar-refractivity contribution is -0.870. The minimum atomic E-state index is -4.32. The molecular formula is C65H134N2O6P+. The van der Waals surface area contributed by atoms with Crippen molar-refractivity contribution in [2.24, 2.45) is 0 Å². The number of aliphatic hydroxyl groups is 1. The van der Waals surface area contributed by atoms with Crippen LogP contribution in [0.4, 0.5) is 0 Å². The maximum Gasteiger partial charge on any atom is 0.472 e. The zero-order valence-electron chi connectivity index (χ0n) is 50.9. The fourth-order valence-corrected chi connectivity index (χ4v) is 11.4. The molecule has 0 heterocycles. The second-order valence-corrected chi connectivity index (χ2v) is 26.0. The van der Waals surface area contributed by atoms with Crippen LogP contribution in [0, 0.1) is 0 Å². The molecule has 3 atom stereocenters. The second-order valence-electron chi connectivity index (χ2n) is 24.6. The van der Waals surface area contributed by atoms with Gasteiger partial charge in [0, 0.05) is 6.42 Å². The fourth-order valence-electron chi connectivity index (χ4n) is 10.6. The lowest BCUT2D eigenvalue weighted by Crippen LogP contribution is -2.46. The van der Waals surface area contributed by atoms with E-state index in [-0.39, 0.29) is 19.1 Å². The first kappa shape index (κ1) is 73.5. The molecule has 0 aromatic carbocycles. The molecule has 3 unspecified atom stereocenters. The molecule has 74 heavy (non-hydrogen) atoms. The number of likely N-dealkylation sites (N-methyl/N-ethyl adjacent to an activating group) is 1. The van der Waals surface area contributed by atoms with E-state index in [1.807, 2.05) is 21.1 Å². The summed E-state index contributed by atoms with van der Waals surface area (Å²) >= 11 is 0. The number of unbranched alkanes of at least 4 members (excludes halogenated alkanes) is 50. The van der Waals surface area contributed by atoms with Crippen LogP contribution in [0.25, 0.3) is 0 Å². The number of nitrogens with zero attached hydrogens (tertiary/aromatic N) is 1. The normalized spacial score (nSPS) is 13.7. The Morgan fingerprint density at radius 1 is 0.405 bits per heavy atom. The quantitative estimate of drug-likeness (QED) is 0.0318. The van der Waals surface area contributed by atoms with E-state index in [2.05, 4.69) is 19.2 Å². The van der Waals surface area contributed by atoms with E-state index in [0.29, 0.717) is 23.9 Å². The zero-order valence-corrected chi connectivity index (χ0v) is 51.8. The van der Waals surface area contributed by atoms with Gasteiger partial charge in [0.2, 0.25) is 5.91 Å². The van der Waals surface area contributed by atoms with Crippen molar-refractivity contribution in [3.8, 4) is 0 Å². The van der Waals surface area contributed by atoms with Crippen LogP contribution in [0.2, 0.25) is 0 Å². The average molecular weight is 1070 g/mol. The van der Waals surface area contributed by atoms with Gasteiger partial charge in [-0.1, -0.05) is 341 Å². The summed E-state index contributed by atoms with van der Waals surface area (Å²) in [5, 5.41) is 14.1. The van der Waals surface area contributed by atoms with Gasteiger partial charge in [-0.05, 0) is 12.8 Å². The fraction of sp³-hybridized carbons (Fsp3) is 0.985. The van der Waals surface area contributed by atoms with E-state index in [1.165, 1.54) is 295 Å². The molecule has 0 spiro atoms. The smallest absolute Gasteiger partial charge is 0.391 e. The third kappa shape index (κ3) is 59.2. The van der Waals surface area contributed by atoms with Crippen molar-refractivity contribution >= 4 is 13.7 Å². The summed E-state index contributed by atoms with van der Waals surface area (Å²) in [4.78, 5) is 23.4. The number of hydrogen-bond donors (Lipinski definition) is 3. The van der Waals surface area contributed by atoms with Crippen molar-refractivity contribution in [2.75, 3.05) is 40.9 Å². The number of phosphoric ester groups is 1. The molecule has 0 rings (SSSR count). The van der Waals surface area contributed by atoms with Crippen molar-refractivity contribution in [1.29, 1.82) is 0 Å². The van der Waals surface area contributed by atoms with E-state index in [1.54, 1.807) is 0 Å². The molecule has 3 N–H and O–H groups in total. The predicted octanol–water partition coefficient (Wildman–Crippen LogP) is 20.8. The highest BCUT2D eigenvalue weighted by Crippen LogP contribution is 2.43. The molecular weight excluding hydrogens is 936 g/mol. The van der Waals surface area contributed by atoms with Crippen LogP contribution in [-0.4, -0.2) is 73.4 Å². The van der Waals surface area contributed by atoms with Gasteiger partial charge in [0.15, 0.2) is 0 Å². The lowest BCUT2D eigenvalue weighted by atomic mass is 10.0. The molecule has 1 amide bonds. The molecule has 0 fully saturated rings. The van der Waals surface area contributed by atoms with Crippen molar-refractivity contribution in [3.63, 3.8) is 0 Å². The Morgan fingerprint density at radius 3 is 0.905 bits per heavy atom. The molecule has 444 valence electrons. The van der Waals surface area contributed by atoms with Gasteiger partial charge < -0.3 is 19.8 Å². The van der Waals surface area contributed by atoms with Crippen molar-refractivity contribution in [2.45, 2.75) is 373 Å². The zero-order chi connectivity index (χ0) is 54.2. The summed E-state index contributed by atoms with van der Waals surface area (Å²) in [6, 6.07) is -0.756. The van der Waals surface area contributed by atoms with E-state index in [4.69, 9.17) is 9.05 Å². The second kappa shape index (κ2) is 57.2. The highest BCUT2D eigenvalue weighted by atomic mass is 31.2. The van der Waals surface area contributed by atoms with Gasteiger partial charge in [0.25, 0.3) is 0 Å². The van der Waals surface area contributed by atoms with Crippen molar-refractivity contribution < 1.29 is 32.9 Å². The van der Waals surface area contributed by atoms with Crippen molar-refractivity contribution in [3.05, 3.63) is 0 Å². The average Bonchev–Trinajstić information content (AvgIpc) is 3.36. The number of hydrogen-bond acceptors (Lipinski definition) is 5. The van der Waals surface area contributed by atoms with Gasteiger partial charge in [-0.15, -0.1) is 0 Å². The van der Waals surface area contributed by atoms with Crippen LogP contribution in [0.1, 0.15) is 361 Å². The number of phosphoric acid groups is 1. The molecule has 0 aromatic heterocycles. The maximum atomic E-state index is 13.1. The Balaban J connectivity index is 4.02. The summed E-state index contributed by atoms with van der Waals surface area (Å²) in [6.45, 7) is 4.96. The molecule has 0 radical (unpaired) electrons. The molecule has 0 saturated heterocycles. The summed E-state index contributed by atoms with van der Waals surface area (Å²) in [6.07, 6.45) is 70.5. The molecule has 0 saturated carbocycles. The molecule has 0 aliphatic carbocycles. The number of aliphatic hydroxyl groups excluding tert-OH is 1. The van der Waals surface area contributed by atoms with Crippen molar-refractivity contribution in [1.82, 2.24) is 5.32 Å². The predicted molar refractivity (Wildman–Crippen MR) is 323 cm³/mol. The maximum absolute atomic E-state index is 13.1. The van der Waals surface area contributed by atoms with Crippen LogP contribution in [0.5, 0.6) is 0 Å². The molecule has 0 aliphatic rings. The van der Waals surface area contributed by atoms with Crippen LogP contribution >= 0.6 is 7.82 Å². The number of quaternary nitrogens is 1. The van der Waals surface area contributed by atoms with Gasteiger partial charge in [0.05, 0.1) is 39.9 Å². The lowest BCUT2D eigenvalue weighted by Gasteiger charge is -2.26. The molecule has 0 aromatic rings. The molecule has 8 nitrogen and oxygen atoms in total. The number of carbonyl (C=O) groups is 1. The van der Waals surface area contributed by atoms with Gasteiger partial charge >= 0.3 is 7.82 Å². The monoisotopic (exact) mass is 1070 g/mol. The molecule has 0 aliphatic heterocycles. The largest absolute Gasteiger partial charge is 0.472 e. The van der Waals surface area contributed by atoms with Gasteiger partial charge in [-0.2, -0.15) is 0 Å². The third-order valence-electron chi connectivity index (χ3n) is 15.9. The highest BCUT2D eigenvalue weighted by Gasteiger charge is 2.28. The Labute approximate surface area is 463 Å². The molecule has 9 heteroatoms. The Morgan fingerprint density at radius 2 is 0.649 bits per heavy atom. The summed E-state index contributed by atoms with van der Waals surface area (Å²) in [5.74, 6) is -0.134. The summed E-state index contributed by atoms with van der Waals surface area (Å²) in [7, 11) is 1.64. The standard InChI is InChI=1S/C65H133N2O6P/c1-6-8-10-12-14-16-18-20-22-24-26-28-30-32-34-36-38-40-42-44-46-48-50-52-54-56-58-64(68)63(62-73-74(70,71)72-61-60-67(3,4)5)66-65(69)59-57-55-53-51-49-47-45-43-41-39-37-35-33-31-29-27-25-23-21-19-17-15-13-11-9-7-2/h63-64,68H,6-62H2,1-5H3,(H-,66,69,70,71)/p+1. The first-order chi connectivity index (χ1) is 36.0. The number of carbonyl (C=O) groups excluding carboxylic acids is 1. The number of nitrogens with one attached hydrogen (secondary N) is 1. The number of rotatable bonds is 63. The van der Waals surface area contributed by atoms with Crippen LogP contribution in [0.15, 0.2) is 0 Å². The third-order valence-corrected chi connectivity index (χ3v) is 16.8. The van der Waals surface area contributed by atoms with E-state index in [0.717, 1.165) is 38.5 Å². The first-order valence-corrected chi connectivity index (χ1v) is 34.9. The van der Waals surface area contributed by atoms with Gasteiger partial charge in [-0.25, -0.2) is 4.57 Å². The van der Waals surface area contributed by atoms with E-state index >= 15 is 0 Å². The first-order valence-electron chi connectivity index (χ1n) is 33.4. The SMILES string of the molecule is CCCCCCCCCCCCCCCCCCCCCCCCCCCCC(=O)NC(COP(=O)(O)OCC[N+](C)(C)C)C(O)CCCCCCCCCCCCCCCCCCCCCCCCCCCC. The van der Waals surface area contributed by atoms with Gasteiger partial charge in [0.1, 0.15) is 13.2 Å². The number of amides is 1. The van der Waals surface area contributed by atoms with Crippen LogP contribution in [0.3, 0.4) is 0 Å². The topological polar surface area (TPSA) is 105 Å². The van der Waals surface area contributed by atoms with Crippen LogP contribution in [-0.2, 0) is 18.4 Å². The summed E-state index contributed by atoms with van der Waals surface area (Å²) in [5.41, 5.74) is 0. The Bertz CT molecular complexity index is 1170. The Hall–Kier alpha value is -0.500. The minimum Gasteiger partial charge on any atom is -0.391 e. The van der Waals surface area contributed by atoms with Crippen LogP contribution < -0.4 is 5.32 Å². The van der Waals surface area contributed by atoms with E-state index in [9.17, 15) is 19.4 Å². The minimum absolute atomic E-state index is 0.0794. The van der Waals surface area contributed by atoms with Gasteiger partial charge in [-0.3, -0.25) is 13.8 Å². The summed E-state index contributed by atoms with van der Waals surface area (Å²) < 4.78 is 23.9. The Kier molecular flexibility index (Phi) is 56.8. The van der Waals surface area contributed by atoms with E-state index < -0.39 is 20.0 Å².